The number of aldehydes is 1. The minimum atomic E-state index is -3.51. The normalized spacial score (nSPS) is 12.9. The predicted octanol–water partition coefficient (Wildman–Crippen LogP) is 2.62. The van der Waals surface area contributed by atoms with Crippen LogP contribution in [0.2, 0.25) is 0 Å². The van der Waals surface area contributed by atoms with Crippen molar-refractivity contribution in [3.05, 3.63) is 71.8 Å². The van der Waals surface area contributed by atoms with Crippen molar-refractivity contribution in [1.82, 2.24) is 4.90 Å². The van der Waals surface area contributed by atoms with Gasteiger partial charge in [-0.2, -0.15) is 8.42 Å². The summed E-state index contributed by atoms with van der Waals surface area (Å²) in [5.41, 5.74) is 2.18. The number of hydrogen-bond donors (Lipinski definition) is 0. The summed E-state index contributed by atoms with van der Waals surface area (Å²) in [7, 11) is -3.51. The molecular formula is C19H23NO4S. The van der Waals surface area contributed by atoms with Gasteiger partial charge in [-0.3, -0.25) is 9.08 Å². The van der Waals surface area contributed by atoms with Gasteiger partial charge in [0.1, 0.15) is 6.29 Å². The molecule has 134 valence electrons. The van der Waals surface area contributed by atoms with Crippen molar-refractivity contribution in [3.63, 3.8) is 0 Å². The lowest BCUT2D eigenvalue weighted by molar-refractivity contribution is -0.113. The topological polar surface area (TPSA) is 63.7 Å². The molecule has 25 heavy (non-hydrogen) atoms. The largest absolute Gasteiger partial charge is 0.302 e. The van der Waals surface area contributed by atoms with Crippen molar-refractivity contribution >= 4 is 16.4 Å². The van der Waals surface area contributed by atoms with E-state index in [1.54, 1.807) is 0 Å². The van der Waals surface area contributed by atoms with Crippen LogP contribution in [0.25, 0.3) is 0 Å². The van der Waals surface area contributed by atoms with E-state index in [-0.39, 0.29) is 6.61 Å². The molecule has 0 bridgehead atoms. The Morgan fingerprint density at radius 3 is 1.84 bits per heavy atom. The third-order valence-corrected chi connectivity index (χ3v) is 4.39. The molecule has 0 heterocycles. The average Bonchev–Trinajstić information content (AvgIpc) is 2.59. The molecule has 2 aromatic rings. The molecule has 0 fully saturated rings. The Balaban J connectivity index is 2.11. The van der Waals surface area contributed by atoms with E-state index in [0.29, 0.717) is 19.5 Å². The second-order valence-corrected chi connectivity index (χ2v) is 7.54. The summed E-state index contributed by atoms with van der Waals surface area (Å²) in [6.45, 7) is 1.18. The zero-order valence-corrected chi connectivity index (χ0v) is 15.1. The Bertz CT molecular complexity index is 706. The van der Waals surface area contributed by atoms with E-state index in [1.165, 1.54) is 0 Å². The van der Waals surface area contributed by atoms with Crippen LogP contribution in [0.1, 0.15) is 17.5 Å². The van der Waals surface area contributed by atoms with Crippen LogP contribution in [0.3, 0.4) is 0 Å². The van der Waals surface area contributed by atoms with Crippen LogP contribution in [-0.4, -0.2) is 38.5 Å². The summed E-state index contributed by atoms with van der Waals surface area (Å²) in [5.74, 6) is 0. The molecule has 0 aliphatic rings. The van der Waals surface area contributed by atoms with Crippen LogP contribution in [-0.2, 0) is 32.2 Å². The number of rotatable bonds is 10. The summed E-state index contributed by atoms with van der Waals surface area (Å²) in [4.78, 5) is 13.7. The maximum atomic E-state index is 11.6. The van der Waals surface area contributed by atoms with Gasteiger partial charge in [0.2, 0.25) is 0 Å². The van der Waals surface area contributed by atoms with Crippen molar-refractivity contribution in [1.29, 1.82) is 0 Å². The first-order chi connectivity index (χ1) is 12.0. The molecule has 2 aromatic carbocycles. The third-order valence-electron chi connectivity index (χ3n) is 3.79. The summed E-state index contributed by atoms with van der Waals surface area (Å²) < 4.78 is 27.1. The summed E-state index contributed by atoms with van der Waals surface area (Å²) in [5, 5.41) is 0. The van der Waals surface area contributed by atoms with Gasteiger partial charge < -0.3 is 4.79 Å². The van der Waals surface area contributed by atoms with Crippen LogP contribution in [0.4, 0.5) is 0 Å². The van der Waals surface area contributed by atoms with Crippen molar-refractivity contribution in [2.24, 2.45) is 0 Å². The zero-order valence-electron chi connectivity index (χ0n) is 14.2. The number of carbonyl (C=O) groups excluding carboxylic acids is 1. The van der Waals surface area contributed by atoms with Crippen molar-refractivity contribution in [2.45, 2.75) is 25.6 Å². The lowest BCUT2D eigenvalue weighted by atomic mass is 10.1. The first kappa shape index (κ1) is 19.3. The second-order valence-electron chi connectivity index (χ2n) is 5.89. The second kappa shape index (κ2) is 9.46. The van der Waals surface area contributed by atoms with Crippen LogP contribution >= 0.6 is 0 Å². The van der Waals surface area contributed by atoms with Crippen molar-refractivity contribution in [3.8, 4) is 0 Å². The molecule has 0 unspecified atom stereocenters. The summed E-state index contributed by atoms with van der Waals surface area (Å²) >= 11 is 0. The van der Waals surface area contributed by atoms with E-state index in [4.69, 9.17) is 4.18 Å². The van der Waals surface area contributed by atoms with Gasteiger partial charge in [0.05, 0.1) is 18.9 Å². The van der Waals surface area contributed by atoms with Crippen LogP contribution in [0, 0.1) is 0 Å². The highest BCUT2D eigenvalue weighted by molar-refractivity contribution is 7.85. The highest BCUT2D eigenvalue weighted by atomic mass is 32.2. The molecule has 0 radical (unpaired) electrons. The number of carbonyl (C=O) groups is 1. The van der Waals surface area contributed by atoms with Gasteiger partial charge in [0.25, 0.3) is 10.1 Å². The quantitative estimate of drug-likeness (QED) is 0.481. The standard InChI is InChI=1S/C19H23NO4S/c1-25(22,23)24-13-12-19(16-21)20(14-17-8-4-2-5-9-17)15-18-10-6-3-7-11-18/h2-11,16,19H,12-15H2,1H3/t19-/m0/s1. The molecule has 0 saturated heterocycles. The molecule has 0 aromatic heterocycles. The maximum absolute atomic E-state index is 11.6. The fraction of sp³-hybridized carbons (Fsp3) is 0.316. The summed E-state index contributed by atoms with van der Waals surface area (Å²) in [6.07, 6.45) is 2.18. The molecule has 0 spiro atoms. The van der Waals surface area contributed by atoms with E-state index in [0.717, 1.165) is 23.7 Å². The molecule has 0 aliphatic heterocycles. The fourth-order valence-electron chi connectivity index (χ4n) is 2.58. The predicted molar refractivity (Wildman–Crippen MR) is 97.4 cm³/mol. The smallest absolute Gasteiger partial charge is 0.264 e. The molecule has 0 aliphatic carbocycles. The van der Waals surface area contributed by atoms with E-state index >= 15 is 0 Å². The molecular weight excluding hydrogens is 338 g/mol. The van der Waals surface area contributed by atoms with Gasteiger partial charge in [-0.25, -0.2) is 0 Å². The molecule has 0 amide bonds. The van der Waals surface area contributed by atoms with Crippen LogP contribution in [0.15, 0.2) is 60.7 Å². The Labute approximate surface area is 149 Å². The number of hydrogen-bond acceptors (Lipinski definition) is 5. The molecule has 0 saturated carbocycles. The highest BCUT2D eigenvalue weighted by Crippen LogP contribution is 2.15. The SMILES string of the molecule is CS(=O)(=O)OCC[C@@H](C=O)N(Cc1ccccc1)Cc1ccccc1. The molecule has 0 N–H and O–H groups in total. The molecule has 1 atom stereocenters. The van der Waals surface area contributed by atoms with Crippen molar-refractivity contribution < 1.29 is 17.4 Å². The van der Waals surface area contributed by atoms with Gasteiger partial charge >= 0.3 is 0 Å². The van der Waals surface area contributed by atoms with E-state index in [2.05, 4.69) is 0 Å². The summed E-state index contributed by atoms with van der Waals surface area (Å²) in [6, 6.07) is 19.3. The first-order valence-electron chi connectivity index (χ1n) is 8.09. The van der Waals surface area contributed by atoms with Gasteiger partial charge in [-0.1, -0.05) is 60.7 Å². The Morgan fingerprint density at radius 2 is 1.44 bits per heavy atom. The molecule has 6 heteroatoms. The Hall–Kier alpha value is -2.02. The van der Waals surface area contributed by atoms with E-state index in [9.17, 15) is 13.2 Å². The number of nitrogens with zero attached hydrogens (tertiary/aromatic N) is 1. The van der Waals surface area contributed by atoms with Crippen molar-refractivity contribution in [2.75, 3.05) is 12.9 Å². The lowest BCUT2D eigenvalue weighted by Crippen LogP contribution is -2.36. The molecule has 5 nitrogen and oxygen atoms in total. The lowest BCUT2D eigenvalue weighted by Gasteiger charge is -2.28. The molecule has 2 rings (SSSR count). The van der Waals surface area contributed by atoms with Gasteiger partial charge in [0.15, 0.2) is 0 Å². The minimum Gasteiger partial charge on any atom is -0.302 e. The van der Waals surface area contributed by atoms with Gasteiger partial charge in [-0.05, 0) is 17.5 Å². The van der Waals surface area contributed by atoms with Crippen LogP contribution < -0.4 is 0 Å². The van der Waals surface area contributed by atoms with Gasteiger partial charge in [-0.15, -0.1) is 0 Å². The Kier molecular flexibility index (Phi) is 7.31. The van der Waals surface area contributed by atoms with Gasteiger partial charge in [0, 0.05) is 13.1 Å². The Morgan fingerprint density at radius 1 is 0.960 bits per heavy atom. The van der Waals surface area contributed by atoms with E-state index < -0.39 is 16.2 Å². The average molecular weight is 361 g/mol. The zero-order chi connectivity index (χ0) is 18.1. The van der Waals surface area contributed by atoms with E-state index in [1.807, 2.05) is 65.6 Å². The third kappa shape index (κ3) is 7.17. The highest BCUT2D eigenvalue weighted by Gasteiger charge is 2.19. The first-order valence-corrected chi connectivity index (χ1v) is 9.91. The van der Waals surface area contributed by atoms with Crippen LogP contribution in [0.5, 0.6) is 0 Å². The monoisotopic (exact) mass is 361 g/mol. The maximum Gasteiger partial charge on any atom is 0.264 e. The minimum absolute atomic E-state index is 0.0116. The number of benzene rings is 2. The fourth-order valence-corrected chi connectivity index (χ4v) is 2.98.